The number of carbonyl (C=O) groups excluding carboxylic acids is 1. The van der Waals surface area contributed by atoms with E-state index in [4.69, 9.17) is 0 Å². The van der Waals surface area contributed by atoms with Gasteiger partial charge in [-0.05, 0) is 57.8 Å². The minimum absolute atomic E-state index is 0.153. The molecule has 1 amide bonds. The number of likely N-dealkylation sites (N-methyl/N-ethyl adjacent to an activating group) is 1. The zero-order valence-corrected chi connectivity index (χ0v) is 24.3. The second-order valence-electron chi connectivity index (χ2n) is 10.6. The summed E-state index contributed by atoms with van der Waals surface area (Å²) in [7, 11) is 3.71. The van der Waals surface area contributed by atoms with E-state index in [2.05, 4.69) is 38.2 Å². The van der Waals surface area contributed by atoms with Crippen molar-refractivity contribution in [3.63, 3.8) is 0 Å². The molecule has 0 radical (unpaired) electrons. The van der Waals surface area contributed by atoms with Crippen LogP contribution in [0.1, 0.15) is 155 Å². The fourth-order valence-corrected chi connectivity index (χ4v) is 4.40. The van der Waals surface area contributed by atoms with Gasteiger partial charge in [0.25, 0.3) is 0 Å². The predicted octanol–water partition coefficient (Wildman–Crippen LogP) is 10.7. The van der Waals surface area contributed by atoms with Crippen molar-refractivity contribution >= 4 is 5.91 Å². The third-order valence-electron chi connectivity index (χ3n) is 6.82. The van der Waals surface area contributed by atoms with Gasteiger partial charge in [-0.1, -0.05) is 127 Å². The molecule has 0 saturated carbocycles. The summed E-state index contributed by atoms with van der Waals surface area (Å²) >= 11 is 0. The third-order valence-corrected chi connectivity index (χ3v) is 6.82. The first kappa shape index (κ1) is 33.7. The van der Waals surface area contributed by atoms with Crippen molar-refractivity contribution in [3.8, 4) is 0 Å². The van der Waals surface area contributed by atoms with E-state index in [0.717, 1.165) is 19.3 Å². The van der Waals surface area contributed by atoms with Crippen LogP contribution in [0.25, 0.3) is 0 Å². The number of hydrogen-bond acceptors (Lipinski definition) is 1. The summed E-state index contributed by atoms with van der Waals surface area (Å²) in [5.41, 5.74) is 1.37. The Morgan fingerprint density at radius 3 is 1.43 bits per heavy atom. The first-order valence-corrected chi connectivity index (χ1v) is 15.3. The Labute approximate surface area is 220 Å². The summed E-state index contributed by atoms with van der Waals surface area (Å²) in [6, 6.07) is 0. The van der Waals surface area contributed by atoms with Crippen LogP contribution in [-0.4, -0.2) is 24.9 Å². The van der Waals surface area contributed by atoms with Crippen molar-refractivity contribution in [2.75, 3.05) is 14.1 Å². The molecule has 0 aliphatic heterocycles. The highest BCUT2D eigenvalue weighted by atomic mass is 16.2. The lowest BCUT2D eigenvalue weighted by molar-refractivity contribution is -0.123. The van der Waals surface area contributed by atoms with Crippen LogP contribution in [0.4, 0.5) is 0 Å². The van der Waals surface area contributed by atoms with Gasteiger partial charge in [0.2, 0.25) is 5.91 Å². The van der Waals surface area contributed by atoms with Crippen LogP contribution in [-0.2, 0) is 4.79 Å². The molecule has 0 aliphatic carbocycles. The number of amides is 1. The Kier molecular flexibility index (Phi) is 26.3. The molecule has 0 spiro atoms. The Balaban J connectivity index is 3.80. The fourth-order valence-electron chi connectivity index (χ4n) is 4.40. The molecule has 0 bridgehead atoms. The molecule has 2 heteroatoms. The molecule has 0 aromatic rings. The van der Waals surface area contributed by atoms with Crippen molar-refractivity contribution < 1.29 is 4.79 Å². The van der Waals surface area contributed by atoms with E-state index in [1.165, 1.54) is 128 Å². The number of carbonyl (C=O) groups is 1. The predicted molar refractivity (Wildman–Crippen MR) is 158 cm³/mol. The van der Waals surface area contributed by atoms with Crippen LogP contribution in [0.15, 0.2) is 36.0 Å². The van der Waals surface area contributed by atoms with Crippen molar-refractivity contribution in [3.05, 3.63) is 36.0 Å². The van der Waals surface area contributed by atoms with Gasteiger partial charge in [0.15, 0.2) is 0 Å². The Morgan fingerprint density at radius 2 is 0.943 bits per heavy atom. The lowest BCUT2D eigenvalue weighted by Gasteiger charge is -2.11. The van der Waals surface area contributed by atoms with Gasteiger partial charge in [-0.2, -0.15) is 0 Å². The molecule has 0 fully saturated rings. The normalized spacial score (nSPS) is 12.3. The van der Waals surface area contributed by atoms with Gasteiger partial charge in [-0.25, -0.2) is 0 Å². The number of allylic oxidation sites excluding steroid dienone is 5. The second-order valence-corrected chi connectivity index (χ2v) is 10.6. The van der Waals surface area contributed by atoms with Crippen molar-refractivity contribution in [2.45, 2.75) is 155 Å². The molecule has 0 N–H and O–H groups in total. The first-order valence-electron chi connectivity index (χ1n) is 15.3. The average molecular weight is 488 g/mol. The molecular formula is C33H61NO. The highest BCUT2D eigenvalue weighted by molar-refractivity contribution is 5.87. The number of hydrogen-bond donors (Lipinski definition) is 0. The molecule has 0 aliphatic rings. The molecule has 0 rings (SSSR count). The molecular weight excluding hydrogens is 426 g/mol. The first-order chi connectivity index (χ1) is 17.1. The van der Waals surface area contributed by atoms with Gasteiger partial charge < -0.3 is 4.90 Å². The Bertz CT molecular complexity index is 543. The maximum atomic E-state index is 12.2. The van der Waals surface area contributed by atoms with Gasteiger partial charge in [0.05, 0.1) is 0 Å². The molecule has 35 heavy (non-hydrogen) atoms. The van der Waals surface area contributed by atoms with Gasteiger partial charge in [0, 0.05) is 20.2 Å². The molecule has 0 unspecified atom stereocenters. The minimum Gasteiger partial charge on any atom is -0.345 e. The summed E-state index contributed by atoms with van der Waals surface area (Å²) in [4.78, 5) is 13.9. The van der Waals surface area contributed by atoms with E-state index >= 15 is 0 Å². The molecule has 0 atom stereocenters. The maximum absolute atomic E-state index is 12.2. The molecule has 0 aromatic carbocycles. The maximum Gasteiger partial charge on any atom is 0.245 e. The van der Waals surface area contributed by atoms with E-state index in [1.54, 1.807) is 4.90 Å². The van der Waals surface area contributed by atoms with Crippen LogP contribution in [0, 0.1) is 0 Å². The van der Waals surface area contributed by atoms with Crippen LogP contribution < -0.4 is 0 Å². The van der Waals surface area contributed by atoms with Crippen molar-refractivity contribution in [2.24, 2.45) is 0 Å². The van der Waals surface area contributed by atoms with E-state index in [-0.39, 0.29) is 5.91 Å². The standard InChI is InChI=1S/C33H61NO/c1-5-7-9-11-13-14-15-16-17-18-19-20-21-22-24-26-28-30-32(31-33(35)34(3)4)29-27-25-23-12-10-8-6-2/h13-14,16-17,31H,5-12,15,18-30H2,1-4H3. The fraction of sp³-hybridized carbons (Fsp3) is 0.788. The largest absolute Gasteiger partial charge is 0.345 e. The van der Waals surface area contributed by atoms with Gasteiger partial charge in [-0.15, -0.1) is 0 Å². The molecule has 2 nitrogen and oxygen atoms in total. The van der Waals surface area contributed by atoms with E-state index < -0.39 is 0 Å². The van der Waals surface area contributed by atoms with Crippen LogP contribution in [0.2, 0.25) is 0 Å². The highest BCUT2D eigenvalue weighted by Crippen LogP contribution is 2.19. The highest BCUT2D eigenvalue weighted by Gasteiger charge is 2.05. The zero-order valence-electron chi connectivity index (χ0n) is 24.3. The summed E-state index contributed by atoms with van der Waals surface area (Å²) in [6.45, 7) is 4.53. The van der Waals surface area contributed by atoms with E-state index in [1.807, 2.05) is 20.2 Å². The average Bonchev–Trinajstić information content (AvgIpc) is 2.84. The summed E-state index contributed by atoms with van der Waals surface area (Å²) in [5, 5.41) is 0. The van der Waals surface area contributed by atoms with E-state index in [9.17, 15) is 4.79 Å². The van der Waals surface area contributed by atoms with Crippen LogP contribution in [0.5, 0.6) is 0 Å². The van der Waals surface area contributed by atoms with Crippen molar-refractivity contribution in [1.82, 2.24) is 4.90 Å². The second kappa shape index (κ2) is 27.3. The lowest BCUT2D eigenvalue weighted by Crippen LogP contribution is -2.19. The minimum atomic E-state index is 0.153. The van der Waals surface area contributed by atoms with E-state index in [0.29, 0.717) is 0 Å². The number of unbranched alkanes of at least 4 members (excludes halogenated alkanes) is 16. The molecule has 0 saturated heterocycles. The summed E-state index contributed by atoms with van der Waals surface area (Å²) in [6.07, 6.45) is 39.7. The smallest absolute Gasteiger partial charge is 0.245 e. The van der Waals surface area contributed by atoms with Gasteiger partial charge >= 0.3 is 0 Å². The van der Waals surface area contributed by atoms with Gasteiger partial charge in [0.1, 0.15) is 0 Å². The number of rotatable bonds is 25. The molecule has 204 valence electrons. The van der Waals surface area contributed by atoms with Crippen LogP contribution >= 0.6 is 0 Å². The third kappa shape index (κ3) is 25.6. The summed E-state index contributed by atoms with van der Waals surface area (Å²) in [5.74, 6) is 0.153. The number of nitrogens with zero attached hydrogens (tertiary/aromatic N) is 1. The van der Waals surface area contributed by atoms with Crippen molar-refractivity contribution in [1.29, 1.82) is 0 Å². The zero-order chi connectivity index (χ0) is 25.8. The molecule has 0 aromatic heterocycles. The monoisotopic (exact) mass is 487 g/mol. The van der Waals surface area contributed by atoms with Gasteiger partial charge in [-0.3, -0.25) is 4.79 Å². The quantitative estimate of drug-likeness (QED) is 0.0712. The SMILES string of the molecule is CCCCCC=CCC=CCCCCCCCCCC(=CC(=O)N(C)C)CCCCCCCCC. The Hall–Kier alpha value is -1.31. The Morgan fingerprint density at radius 1 is 0.543 bits per heavy atom. The topological polar surface area (TPSA) is 20.3 Å². The lowest BCUT2D eigenvalue weighted by atomic mass is 9.98. The van der Waals surface area contributed by atoms with Crippen LogP contribution in [0.3, 0.4) is 0 Å². The molecule has 0 heterocycles. The summed E-state index contributed by atoms with van der Waals surface area (Å²) < 4.78 is 0.